The predicted octanol–water partition coefficient (Wildman–Crippen LogP) is 5.69. The van der Waals surface area contributed by atoms with Crippen molar-refractivity contribution >= 4 is 39.2 Å². The Labute approximate surface area is 178 Å². The summed E-state index contributed by atoms with van der Waals surface area (Å²) in [4.78, 5) is 18.3. The number of hydrogen-bond acceptors (Lipinski definition) is 4. The number of amides is 1. The first-order valence-electron chi connectivity index (χ1n) is 9.78. The molecule has 1 amide bonds. The van der Waals surface area contributed by atoms with Gasteiger partial charge in [0, 0.05) is 27.0 Å². The van der Waals surface area contributed by atoms with Gasteiger partial charge in [0.25, 0.3) is 0 Å². The number of carbonyl (C=O) groups is 1. The molecule has 3 aromatic carbocycles. The SMILES string of the molecule is COc1ccc(CC(=O)Nc2cc3c(c(-c4cc5ccccc5s4)c2)CN=C3)cc1. The van der Waals surface area contributed by atoms with Gasteiger partial charge in [0.1, 0.15) is 5.75 Å². The van der Waals surface area contributed by atoms with Gasteiger partial charge in [0.15, 0.2) is 0 Å². The predicted molar refractivity (Wildman–Crippen MR) is 124 cm³/mol. The summed E-state index contributed by atoms with van der Waals surface area (Å²) in [7, 11) is 1.63. The average Bonchev–Trinajstić information content (AvgIpc) is 3.40. The second kappa shape index (κ2) is 7.76. The van der Waals surface area contributed by atoms with Crippen LogP contribution in [0.3, 0.4) is 0 Å². The van der Waals surface area contributed by atoms with Crippen LogP contribution in [0, 0.1) is 0 Å². The zero-order valence-corrected chi connectivity index (χ0v) is 17.3. The maximum Gasteiger partial charge on any atom is 0.228 e. The van der Waals surface area contributed by atoms with Crippen molar-refractivity contribution in [2.45, 2.75) is 13.0 Å². The van der Waals surface area contributed by atoms with Crippen LogP contribution in [0.25, 0.3) is 20.5 Å². The number of nitrogens with zero attached hydrogens (tertiary/aromatic N) is 1. The molecule has 5 rings (SSSR count). The highest BCUT2D eigenvalue weighted by molar-refractivity contribution is 7.22. The molecule has 0 radical (unpaired) electrons. The summed E-state index contributed by atoms with van der Waals surface area (Å²) in [6.07, 6.45) is 2.21. The van der Waals surface area contributed by atoms with E-state index in [1.807, 2.05) is 36.5 Å². The normalized spacial score (nSPS) is 12.2. The van der Waals surface area contributed by atoms with E-state index >= 15 is 0 Å². The van der Waals surface area contributed by atoms with Gasteiger partial charge in [-0.2, -0.15) is 0 Å². The van der Waals surface area contributed by atoms with Crippen molar-refractivity contribution in [1.82, 2.24) is 0 Å². The molecule has 4 aromatic rings. The molecule has 5 heteroatoms. The fourth-order valence-corrected chi connectivity index (χ4v) is 4.87. The third-order valence-electron chi connectivity index (χ3n) is 5.26. The summed E-state index contributed by atoms with van der Waals surface area (Å²) in [5.74, 6) is 0.738. The lowest BCUT2D eigenvalue weighted by molar-refractivity contribution is -0.115. The van der Waals surface area contributed by atoms with Crippen molar-refractivity contribution in [3.8, 4) is 16.2 Å². The molecule has 2 heterocycles. The third-order valence-corrected chi connectivity index (χ3v) is 6.41. The van der Waals surface area contributed by atoms with E-state index in [0.29, 0.717) is 13.0 Å². The van der Waals surface area contributed by atoms with E-state index in [9.17, 15) is 4.79 Å². The van der Waals surface area contributed by atoms with Gasteiger partial charge in [-0.15, -0.1) is 11.3 Å². The van der Waals surface area contributed by atoms with Crippen LogP contribution in [-0.4, -0.2) is 19.2 Å². The molecule has 30 heavy (non-hydrogen) atoms. The van der Waals surface area contributed by atoms with Gasteiger partial charge in [-0.3, -0.25) is 9.79 Å². The Bertz CT molecular complexity index is 1240. The van der Waals surface area contributed by atoms with E-state index in [4.69, 9.17) is 4.74 Å². The fourth-order valence-electron chi connectivity index (χ4n) is 3.76. The maximum atomic E-state index is 12.7. The average molecular weight is 413 g/mol. The van der Waals surface area contributed by atoms with Crippen LogP contribution in [0.2, 0.25) is 0 Å². The smallest absolute Gasteiger partial charge is 0.228 e. The number of rotatable bonds is 5. The van der Waals surface area contributed by atoms with Gasteiger partial charge < -0.3 is 10.1 Å². The summed E-state index contributed by atoms with van der Waals surface area (Å²) in [5, 5.41) is 4.30. The van der Waals surface area contributed by atoms with Gasteiger partial charge in [0.2, 0.25) is 5.91 Å². The quantitative estimate of drug-likeness (QED) is 0.458. The Morgan fingerprint density at radius 1 is 1.10 bits per heavy atom. The molecule has 1 aliphatic rings. The summed E-state index contributed by atoms with van der Waals surface area (Å²) in [6, 6.07) is 22.3. The Balaban J connectivity index is 1.43. The molecule has 0 saturated carbocycles. The molecular formula is C25H20N2O2S. The largest absolute Gasteiger partial charge is 0.497 e. The number of benzene rings is 3. The van der Waals surface area contributed by atoms with E-state index in [1.54, 1.807) is 18.4 Å². The number of ether oxygens (including phenoxy) is 1. The molecule has 148 valence electrons. The maximum absolute atomic E-state index is 12.7. The number of anilines is 1. The first-order valence-corrected chi connectivity index (χ1v) is 10.6. The van der Waals surface area contributed by atoms with Crippen molar-refractivity contribution in [3.05, 3.63) is 83.4 Å². The number of methoxy groups -OCH3 is 1. The van der Waals surface area contributed by atoms with Crippen LogP contribution in [-0.2, 0) is 17.8 Å². The Morgan fingerprint density at radius 3 is 2.73 bits per heavy atom. The Kier molecular flexibility index (Phi) is 4.81. The molecule has 0 bridgehead atoms. The van der Waals surface area contributed by atoms with Crippen molar-refractivity contribution in [1.29, 1.82) is 0 Å². The highest BCUT2D eigenvalue weighted by atomic mass is 32.1. The van der Waals surface area contributed by atoms with E-state index in [1.165, 1.54) is 20.5 Å². The second-order valence-electron chi connectivity index (χ2n) is 7.28. The number of thiophene rings is 1. The van der Waals surface area contributed by atoms with Crippen molar-refractivity contribution < 1.29 is 9.53 Å². The molecule has 4 nitrogen and oxygen atoms in total. The van der Waals surface area contributed by atoms with Crippen LogP contribution in [0.5, 0.6) is 5.75 Å². The summed E-state index contributed by atoms with van der Waals surface area (Å²) in [5.41, 5.74) is 5.18. The molecule has 0 fully saturated rings. The number of carbonyl (C=O) groups excluding carboxylic acids is 1. The van der Waals surface area contributed by atoms with E-state index < -0.39 is 0 Å². The minimum absolute atomic E-state index is 0.0441. The van der Waals surface area contributed by atoms with Crippen LogP contribution < -0.4 is 10.1 Å². The van der Waals surface area contributed by atoms with Gasteiger partial charge in [-0.25, -0.2) is 0 Å². The van der Waals surface area contributed by atoms with Crippen LogP contribution in [0.15, 0.2) is 71.7 Å². The van der Waals surface area contributed by atoms with Crippen LogP contribution in [0.4, 0.5) is 5.69 Å². The number of nitrogens with one attached hydrogen (secondary N) is 1. The van der Waals surface area contributed by atoms with Crippen LogP contribution >= 0.6 is 11.3 Å². The first-order chi connectivity index (χ1) is 14.7. The minimum Gasteiger partial charge on any atom is -0.497 e. The standard InChI is InChI=1S/C25H20N2O2S/c1-29-20-8-6-16(7-9-20)10-25(28)27-19-11-18-14-26-15-22(18)21(13-19)24-12-17-4-2-3-5-23(17)30-24/h2-9,11-14H,10,15H2,1H3,(H,27,28). The van der Waals surface area contributed by atoms with Crippen molar-refractivity contribution in [2.24, 2.45) is 4.99 Å². The van der Waals surface area contributed by atoms with Gasteiger partial charge in [0.05, 0.1) is 20.1 Å². The molecule has 1 aliphatic heterocycles. The molecule has 0 atom stereocenters. The lowest BCUT2D eigenvalue weighted by Crippen LogP contribution is -2.14. The van der Waals surface area contributed by atoms with E-state index in [2.05, 4.69) is 46.7 Å². The molecule has 0 unspecified atom stereocenters. The third kappa shape index (κ3) is 3.60. The van der Waals surface area contributed by atoms with Gasteiger partial charge in [-0.05, 0) is 58.5 Å². The molecule has 1 aromatic heterocycles. The van der Waals surface area contributed by atoms with Crippen LogP contribution in [0.1, 0.15) is 16.7 Å². The highest BCUT2D eigenvalue weighted by Gasteiger charge is 2.17. The number of fused-ring (bicyclic) bond motifs is 2. The van der Waals surface area contributed by atoms with E-state index in [0.717, 1.165) is 28.1 Å². The molecule has 0 aliphatic carbocycles. The Morgan fingerprint density at radius 2 is 1.93 bits per heavy atom. The topological polar surface area (TPSA) is 50.7 Å². The fraction of sp³-hybridized carbons (Fsp3) is 0.120. The minimum atomic E-state index is -0.0441. The lowest BCUT2D eigenvalue weighted by Gasteiger charge is -2.12. The second-order valence-corrected chi connectivity index (χ2v) is 8.37. The lowest BCUT2D eigenvalue weighted by atomic mass is 10.00. The summed E-state index contributed by atoms with van der Waals surface area (Å²) >= 11 is 1.77. The zero-order chi connectivity index (χ0) is 20.5. The molecular weight excluding hydrogens is 392 g/mol. The Hall–Kier alpha value is -3.44. The van der Waals surface area contributed by atoms with Crippen molar-refractivity contribution in [3.63, 3.8) is 0 Å². The number of hydrogen-bond donors (Lipinski definition) is 1. The van der Waals surface area contributed by atoms with E-state index in [-0.39, 0.29) is 5.91 Å². The zero-order valence-electron chi connectivity index (χ0n) is 16.5. The molecule has 0 spiro atoms. The highest BCUT2D eigenvalue weighted by Crippen LogP contribution is 2.39. The first kappa shape index (κ1) is 18.6. The summed E-state index contributed by atoms with van der Waals surface area (Å²) in [6.45, 7) is 0.680. The molecule has 1 N–H and O–H groups in total. The molecule has 0 saturated heterocycles. The summed E-state index contributed by atoms with van der Waals surface area (Å²) < 4.78 is 6.44. The number of aliphatic imine (C=N–C) groups is 1. The monoisotopic (exact) mass is 412 g/mol. The van der Waals surface area contributed by atoms with Gasteiger partial charge in [-0.1, -0.05) is 30.3 Å². The van der Waals surface area contributed by atoms with Crippen molar-refractivity contribution in [2.75, 3.05) is 12.4 Å². The van der Waals surface area contributed by atoms with Gasteiger partial charge >= 0.3 is 0 Å².